The molecule has 356 valence electrons. The summed E-state index contributed by atoms with van der Waals surface area (Å²) in [4.78, 5) is 37.9. The summed E-state index contributed by atoms with van der Waals surface area (Å²) in [6.07, 6.45) is 58.5. The van der Waals surface area contributed by atoms with Gasteiger partial charge in [0.2, 0.25) is 0 Å². The molecule has 0 N–H and O–H groups in total. The van der Waals surface area contributed by atoms with E-state index in [1.54, 1.807) is 0 Å². The SMILES string of the molecule is CCCCCC/C=C/CCCCCCCCCC(=O)OCC(COC(=O)CC/C=C/C/C=C/CCCCCCCC)OC(=O)CCCCCCCCCCCCCCCCC. The lowest BCUT2D eigenvalue weighted by molar-refractivity contribution is -0.166. The van der Waals surface area contributed by atoms with Gasteiger partial charge in [-0.15, -0.1) is 0 Å². The molecule has 0 aliphatic rings. The van der Waals surface area contributed by atoms with E-state index in [4.69, 9.17) is 14.2 Å². The highest BCUT2D eigenvalue weighted by Crippen LogP contribution is 2.16. The molecule has 61 heavy (non-hydrogen) atoms. The first kappa shape index (κ1) is 58.6. The molecule has 0 aromatic rings. The molecule has 1 unspecified atom stereocenters. The Bertz CT molecular complexity index is 1030. The van der Waals surface area contributed by atoms with Crippen molar-refractivity contribution in [2.45, 2.75) is 284 Å². The molecule has 6 nitrogen and oxygen atoms in total. The lowest BCUT2D eigenvalue weighted by Gasteiger charge is -2.18. The minimum absolute atomic E-state index is 0.0884. The maximum absolute atomic E-state index is 12.8. The average molecular weight is 857 g/mol. The van der Waals surface area contributed by atoms with Crippen LogP contribution in [-0.2, 0) is 28.6 Å². The number of rotatable bonds is 48. The van der Waals surface area contributed by atoms with Crippen LogP contribution in [0.25, 0.3) is 0 Å². The van der Waals surface area contributed by atoms with Crippen LogP contribution < -0.4 is 0 Å². The van der Waals surface area contributed by atoms with Crippen LogP contribution in [0, 0.1) is 0 Å². The summed E-state index contributed by atoms with van der Waals surface area (Å²) in [6, 6.07) is 0. The molecule has 0 saturated heterocycles. The zero-order valence-electron chi connectivity index (χ0n) is 40.7. The Morgan fingerprint density at radius 1 is 0.328 bits per heavy atom. The summed E-state index contributed by atoms with van der Waals surface area (Å²) in [7, 11) is 0. The van der Waals surface area contributed by atoms with Gasteiger partial charge in [-0.05, 0) is 64.2 Å². The van der Waals surface area contributed by atoms with E-state index < -0.39 is 6.10 Å². The molecule has 0 aliphatic heterocycles. The Hall–Kier alpha value is -2.37. The highest BCUT2D eigenvalue weighted by Gasteiger charge is 2.19. The van der Waals surface area contributed by atoms with Crippen molar-refractivity contribution in [3.63, 3.8) is 0 Å². The van der Waals surface area contributed by atoms with E-state index >= 15 is 0 Å². The van der Waals surface area contributed by atoms with Gasteiger partial charge < -0.3 is 14.2 Å². The smallest absolute Gasteiger partial charge is 0.306 e. The number of carbonyl (C=O) groups excluding carboxylic acids is 3. The van der Waals surface area contributed by atoms with Gasteiger partial charge in [0.15, 0.2) is 6.10 Å². The Balaban J connectivity index is 4.41. The second-order valence-electron chi connectivity index (χ2n) is 17.8. The number of ether oxygens (including phenoxy) is 3. The number of hydrogen-bond acceptors (Lipinski definition) is 6. The van der Waals surface area contributed by atoms with Crippen LogP contribution in [0.4, 0.5) is 0 Å². The maximum Gasteiger partial charge on any atom is 0.306 e. The first-order valence-corrected chi connectivity index (χ1v) is 26.5. The Morgan fingerprint density at radius 3 is 1.03 bits per heavy atom. The van der Waals surface area contributed by atoms with E-state index in [2.05, 4.69) is 51.2 Å². The minimum Gasteiger partial charge on any atom is -0.462 e. The fourth-order valence-electron chi connectivity index (χ4n) is 7.61. The van der Waals surface area contributed by atoms with Crippen molar-refractivity contribution in [3.05, 3.63) is 36.5 Å². The summed E-state index contributed by atoms with van der Waals surface area (Å²) in [5, 5.41) is 0. The molecule has 0 saturated carbocycles. The fraction of sp³-hybridized carbons (Fsp3) is 0.836. The minimum atomic E-state index is -0.792. The van der Waals surface area contributed by atoms with Crippen LogP contribution in [0.1, 0.15) is 278 Å². The summed E-state index contributed by atoms with van der Waals surface area (Å²) >= 11 is 0. The summed E-state index contributed by atoms with van der Waals surface area (Å²) < 4.78 is 16.7. The van der Waals surface area contributed by atoms with Gasteiger partial charge in [0, 0.05) is 19.3 Å². The van der Waals surface area contributed by atoms with Crippen molar-refractivity contribution in [2.75, 3.05) is 13.2 Å². The third-order valence-corrected chi connectivity index (χ3v) is 11.6. The molecule has 0 heterocycles. The van der Waals surface area contributed by atoms with Crippen LogP contribution in [0.3, 0.4) is 0 Å². The lowest BCUT2D eigenvalue weighted by atomic mass is 10.0. The Morgan fingerprint density at radius 2 is 0.623 bits per heavy atom. The van der Waals surface area contributed by atoms with Gasteiger partial charge in [0.1, 0.15) is 13.2 Å². The lowest BCUT2D eigenvalue weighted by Crippen LogP contribution is -2.30. The molecule has 0 bridgehead atoms. The van der Waals surface area contributed by atoms with Crippen molar-refractivity contribution in [1.29, 1.82) is 0 Å². The van der Waals surface area contributed by atoms with E-state index in [1.807, 2.05) is 6.08 Å². The van der Waals surface area contributed by atoms with E-state index in [0.717, 1.165) is 51.4 Å². The highest BCUT2D eigenvalue weighted by molar-refractivity contribution is 5.71. The van der Waals surface area contributed by atoms with Crippen LogP contribution >= 0.6 is 0 Å². The van der Waals surface area contributed by atoms with E-state index in [9.17, 15) is 14.4 Å². The van der Waals surface area contributed by atoms with Crippen LogP contribution in [0.15, 0.2) is 36.5 Å². The number of carbonyl (C=O) groups is 3. The quantitative estimate of drug-likeness (QED) is 0.0262. The zero-order chi connectivity index (χ0) is 44.4. The fourth-order valence-corrected chi connectivity index (χ4v) is 7.61. The molecule has 0 aliphatic carbocycles. The first-order chi connectivity index (χ1) is 30.0. The van der Waals surface area contributed by atoms with Crippen molar-refractivity contribution in [2.24, 2.45) is 0 Å². The molecule has 0 aromatic heterocycles. The standard InChI is InChI=1S/C55H100O6/c1-4-7-10-13-16-19-22-25-27-30-33-36-39-42-45-48-54(57)60-51-52(50-59-53(56)47-44-41-38-35-32-29-24-21-18-15-12-9-6-3)61-55(58)49-46-43-40-37-34-31-28-26-23-20-17-14-11-8-5-2/h19,22,29,32,38,41,52H,4-18,20-21,23-28,30-31,33-37,39-40,42-51H2,1-3H3/b22-19+,32-29+,41-38+. The van der Waals surface area contributed by atoms with Gasteiger partial charge in [-0.1, -0.05) is 231 Å². The molecular weight excluding hydrogens is 757 g/mol. The van der Waals surface area contributed by atoms with Gasteiger partial charge in [-0.2, -0.15) is 0 Å². The van der Waals surface area contributed by atoms with Crippen LogP contribution in [0.5, 0.6) is 0 Å². The molecule has 0 fully saturated rings. The van der Waals surface area contributed by atoms with E-state index in [0.29, 0.717) is 19.3 Å². The Labute approximate surface area is 378 Å². The van der Waals surface area contributed by atoms with E-state index in [1.165, 1.54) is 180 Å². The molecule has 0 amide bonds. The Kier molecular flexibility index (Phi) is 48.3. The van der Waals surface area contributed by atoms with Crippen molar-refractivity contribution < 1.29 is 28.6 Å². The monoisotopic (exact) mass is 857 g/mol. The third kappa shape index (κ3) is 48.5. The van der Waals surface area contributed by atoms with Gasteiger partial charge >= 0.3 is 17.9 Å². The molecule has 1 atom stereocenters. The third-order valence-electron chi connectivity index (χ3n) is 11.6. The molecule has 0 spiro atoms. The van der Waals surface area contributed by atoms with Gasteiger partial charge in [0.25, 0.3) is 0 Å². The summed E-state index contributed by atoms with van der Waals surface area (Å²) in [5.74, 6) is -0.951. The highest BCUT2D eigenvalue weighted by atomic mass is 16.6. The predicted octanol–water partition coefficient (Wildman–Crippen LogP) is 17.3. The predicted molar refractivity (Wildman–Crippen MR) is 261 cm³/mol. The number of hydrogen-bond donors (Lipinski definition) is 0. The zero-order valence-corrected chi connectivity index (χ0v) is 40.7. The largest absolute Gasteiger partial charge is 0.462 e. The summed E-state index contributed by atoms with van der Waals surface area (Å²) in [5.41, 5.74) is 0. The van der Waals surface area contributed by atoms with Crippen LogP contribution in [0.2, 0.25) is 0 Å². The maximum atomic E-state index is 12.8. The van der Waals surface area contributed by atoms with Crippen molar-refractivity contribution in [1.82, 2.24) is 0 Å². The topological polar surface area (TPSA) is 78.9 Å². The number of esters is 3. The first-order valence-electron chi connectivity index (χ1n) is 26.5. The van der Waals surface area contributed by atoms with Gasteiger partial charge in [-0.25, -0.2) is 0 Å². The van der Waals surface area contributed by atoms with Crippen molar-refractivity contribution in [3.8, 4) is 0 Å². The molecule has 0 rings (SSSR count). The molecule has 0 radical (unpaired) electrons. The van der Waals surface area contributed by atoms with Gasteiger partial charge in [-0.3, -0.25) is 14.4 Å². The molecular formula is C55H100O6. The second kappa shape index (κ2) is 50.3. The number of unbranched alkanes of at least 4 members (excludes halogenated alkanes) is 31. The summed E-state index contributed by atoms with van der Waals surface area (Å²) in [6.45, 7) is 6.59. The van der Waals surface area contributed by atoms with Gasteiger partial charge in [0.05, 0.1) is 0 Å². The number of allylic oxidation sites excluding steroid dienone is 6. The normalized spacial score (nSPS) is 12.2. The average Bonchev–Trinajstić information content (AvgIpc) is 3.26. The van der Waals surface area contributed by atoms with Crippen molar-refractivity contribution >= 4 is 17.9 Å². The van der Waals surface area contributed by atoms with Crippen LogP contribution in [-0.4, -0.2) is 37.2 Å². The molecule has 0 aromatic carbocycles. The second-order valence-corrected chi connectivity index (χ2v) is 17.8. The molecule has 6 heteroatoms. The van der Waals surface area contributed by atoms with E-state index in [-0.39, 0.29) is 37.5 Å².